The number of tetrazole rings is 1. The number of hydrogen-bond donors (Lipinski definition) is 1. The zero-order chi connectivity index (χ0) is 14.8. The van der Waals surface area contributed by atoms with Crippen LogP contribution in [-0.2, 0) is 17.1 Å². The van der Waals surface area contributed by atoms with E-state index in [1.165, 1.54) is 16.4 Å². The Labute approximate surface area is 120 Å². The van der Waals surface area contributed by atoms with Gasteiger partial charge in [0, 0.05) is 19.3 Å². The Kier molecular flexibility index (Phi) is 4.40. The minimum absolute atomic E-state index is 0.0998. The third-order valence-corrected chi connectivity index (χ3v) is 5.16. The molecular weight excluding hydrogens is 304 g/mol. The van der Waals surface area contributed by atoms with Gasteiger partial charge >= 0.3 is 0 Å². The highest BCUT2D eigenvalue weighted by molar-refractivity contribution is 7.99. The average Bonchev–Trinajstić information content (AvgIpc) is 2.92. The summed E-state index contributed by atoms with van der Waals surface area (Å²) in [5, 5.41) is 15.2. The molecular formula is C9H14N6O3S2. The smallest absolute Gasteiger partial charge is 0.245 e. The first-order valence-electron chi connectivity index (χ1n) is 5.69. The minimum atomic E-state index is -3.61. The average molecular weight is 318 g/mol. The summed E-state index contributed by atoms with van der Waals surface area (Å²) in [6, 6.07) is 0. The van der Waals surface area contributed by atoms with Crippen molar-refractivity contribution in [2.24, 2.45) is 7.05 Å². The van der Waals surface area contributed by atoms with Gasteiger partial charge in [-0.1, -0.05) is 16.9 Å². The van der Waals surface area contributed by atoms with E-state index < -0.39 is 10.0 Å². The van der Waals surface area contributed by atoms with Crippen molar-refractivity contribution >= 4 is 21.8 Å². The molecule has 1 N–H and O–H groups in total. The van der Waals surface area contributed by atoms with Gasteiger partial charge in [-0.15, -0.1) is 5.10 Å². The molecule has 0 fully saturated rings. The van der Waals surface area contributed by atoms with Gasteiger partial charge in [0.2, 0.25) is 15.2 Å². The van der Waals surface area contributed by atoms with Crippen LogP contribution < -0.4 is 4.72 Å². The van der Waals surface area contributed by atoms with Crippen molar-refractivity contribution in [2.45, 2.75) is 23.9 Å². The van der Waals surface area contributed by atoms with Crippen LogP contribution in [-0.4, -0.2) is 46.1 Å². The first-order chi connectivity index (χ1) is 9.42. The Morgan fingerprint density at radius 3 is 2.70 bits per heavy atom. The molecule has 2 aromatic heterocycles. The van der Waals surface area contributed by atoms with Crippen molar-refractivity contribution in [2.75, 3.05) is 12.3 Å². The topological polar surface area (TPSA) is 116 Å². The van der Waals surface area contributed by atoms with Crippen LogP contribution >= 0.6 is 11.8 Å². The van der Waals surface area contributed by atoms with Crippen molar-refractivity contribution in [3.8, 4) is 0 Å². The fraction of sp³-hybridized carbons (Fsp3) is 0.556. The molecule has 11 heteroatoms. The van der Waals surface area contributed by atoms with Crippen LogP contribution in [0.5, 0.6) is 0 Å². The van der Waals surface area contributed by atoms with Crippen LogP contribution in [0.1, 0.15) is 11.5 Å². The number of sulfonamides is 1. The zero-order valence-electron chi connectivity index (χ0n) is 11.2. The Hall–Kier alpha value is -1.46. The number of nitrogens with one attached hydrogen (secondary N) is 1. The summed E-state index contributed by atoms with van der Waals surface area (Å²) >= 11 is 1.36. The highest BCUT2D eigenvalue weighted by atomic mass is 32.2. The molecule has 0 spiro atoms. The number of aromatic nitrogens is 5. The Morgan fingerprint density at radius 2 is 2.15 bits per heavy atom. The molecule has 0 amide bonds. The van der Waals surface area contributed by atoms with Crippen molar-refractivity contribution < 1.29 is 12.9 Å². The van der Waals surface area contributed by atoms with Crippen LogP contribution in [0.15, 0.2) is 14.6 Å². The van der Waals surface area contributed by atoms with E-state index in [1.54, 1.807) is 20.9 Å². The van der Waals surface area contributed by atoms with Gasteiger partial charge in [0.1, 0.15) is 10.6 Å². The molecule has 0 aromatic carbocycles. The summed E-state index contributed by atoms with van der Waals surface area (Å²) in [5.41, 5.74) is 0.347. The second-order valence-electron chi connectivity index (χ2n) is 3.98. The molecule has 2 heterocycles. The lowest BCUT2D eigenvalue weighted by molar-refractivity contribution is 0.390. The van der Waals surface area contributed by atoms with Gasteiger partial charge in [0.15, 0.2) is 5.76 Å². The maximum atomic E-state index is 12.1. The highest BCUT2D eigenvalue weighted by Gasteiger charge is 2.23. The molecule has 0 unspecified atom stereocenters. The summed E-state index contributed by atoms with van der Waals surface area (Å²) in [5.74, 6) is 0.789. The molecule has 0 saturated heterocycles. The Balaban J connectivity index is 1.92. The second-order valence-corrected chi connectivity index (χ2v) is 6.75. The first-order valence-corrected chi connectivity index (χ1v) is 8.16. The molecule has 0 aliphatic heterocycles. The van der Waals surface area contributed by atoms with E-state index >= 15 is 0 Å². The summed E-state index contributed by atoms with van der Waals surface area (Å²) in [4.78, 5) is 0.0998. The molecule has 9 nitrogen and oxygen atoms in total. The van der Waals surface area contributed by atoms with Crippen LogP contribution in [0, 0.1) is 13.8 Å². The predicted octanol–water partition coefficient (Wildman–Crippen LogP) is -0.114. The van der Waals surface area contributed by atoms with Crippen molar-refractivity contribution in [3.63, 3.8) is 0 Å². The summed E-state index contributed by atoms with van der Waals surface area (Å²) in [7, 11) is -1.89. The van der Waals surface area contributed by atoms with Gasteiger partial charge in [-0.2, -0.15) is 0 Å². The number of hydrogen-bond acceptors (Lipinski definition) is 8. The molecule has 0 bridgehead atoms. The van der Waals surface area contributed by atoms with E-state index in [1.807, 2.05) is 0 Å². The number of nitrogens with zero attached hydrogens (tertiary/aromatic N) is 5. The van der Waals surface area contributed by atoms with Gasteiger partial charge in [-0.25, -0.2) is 17.8 Å². The van der Waals surface area contributed by atoms with Crippen LogP contribution in [0.4, 0.5) is 0 Å². The normalized spacial score (nSPS) is 11.9. The van der Waals surface area contributed by atoms with Gasteiger partial charge < -0.3 is 4.52 Å². The largest absolute Gasteiger partial charge is 0.360 e. The zero-order valence-corrected chi connectivity index (χ0v) is 12.8. The summed E-state index contributed by atoms with van der Waals surface area (Å²) < 4.78 is 33.1. The van der Waals surface area contributed by atoms with E-state index in [4.69, 9.17) is 4.52 Å². The van der Waals surface area contributed by atoms with E-state index in [9.17, 15) is 8.42 Å². The quantitative estimate of drug-likeness (QED) is 0.579. The third-order valence-electron chi connectivity index (χ3n) is 2.44. The fourth-order valence-corrected chi connectivity index (χ4v) is 3.78. The lowest BCUT2D eigenvalue weighted by Crippen LogP contribution is -2.27. The third kappa shape index (κ3) is 3.16. The maximum absolute atomic E-state index is 12.1. The summed E-state index contributed by atoms with van der Waals surface area (Å²) in [6.07, 6.45) is 0. The molecule has 110 valence electrons. The maximum Gasteiger partial charge on any atom is 0.245 e. The molecule has 20 heavy (non-hydrogen) atoms. The van der Waals surface area contributed by atoms with Gasteiger partial charge in [0.05, 0.1) is 0 Å². The SMILES string of the molecule is Cc1noc(C)c1S(=O)(=O)NCCSc1nnnn1C. The molecule has 0 saturated carbocycles. The number of thioether (sulfide) groups is 1. The molecule has 0 aliphatic rings. The van der Waals surface area contributed by atoms with E-state index in [-0.39, 0.29) is 17.2 Å². The molecule has 0 aliphatic carbocycles. The molecule has 0 atom stereocenters. The lowest BCUT2D eigenvalue weighted by Gasteiger charge is -2.05. The molecule has 2 rings (SSSR count). The minimum Gasteiger partial charge on any atom is -0.360 e. The Morgan fingerprint density at radius 1 is 1.40 bits per heavy atom. The van der Waals surface area contributed by atoms with Gasteiger partial charge in [-0.05, 0) is 24.3 Å². The van der Waals surface area contributed by atoms with Crippen LogP contribution in [0.2, 0.25) is 0 Å². The predicted molar refractivity (Wildman–Crippen MR) is 70.7 cm³/mol. The monoisotopic (exact) mass is 318 g/mol. The van der Waals surface area contributed by atoms with E-state index in [2.05, 4.69) is 25.4 Å². The second kappa shape index (κ2) is 5.89. The van der Waals surface area contributed by atoms with Crippen molar-refractivity contribution in [1.29, 1.82) is 0 Å². The molecule has 2 aromatic rings. The number of rotatable bonds is 6. The van der Waals surface area contributed by atoms with Crippen LogP contribution in [0.3, 0.4) is 0 Å². The lowest BCUT2D eigenvalue weighted by atomic mass is 10.4. The first kappa shape index (κ1) is 14.9. The van der Waals surface area contributed by atoms with Crippen molar-refractivity contribution in [3.05, 3.63) is 11.5 Å². The van der Waals surface area contributed by atoms with E-state index in [0.717, 1.165) is 0 Å². The highest BCUT2D eigenvalue weighted by Crippen LogP contribution is 2.18. The summed E-state index contributed by atoms with van der Waals surface area (Å²) in [6.45, 7) is 3.41. The van der Waals surface area contributed by atoms with Gasteiger partial charge in [0.25, 0.3) is 0 Å². The van der Waals surface area contributed by atoms with Crippen molar-refractivity contribution in [1.82, 2.24) is 30.1 Å². The van der Waals surface area contributed by atoms with E-state index in [0.29, 0.717) is 16.6 Å². The standard InChI is InChI=1S/C9H14N6O3S2/c1-6-8(7(2)18-12-6)20(16,17)10-4-5-19-9-11-13-14-15(9)3/h10H,4-5H2,1-3H3. The Bertz CT molecular complexity index is 673. The van der Waals surface area contributed by atoms with Gasteiger partial charge in [-0.3, -0.25) is 0 Å². The fourth-order valence-electron chi connectivity index (χ4n) is 1.59. The number of aryl methyl sites for hydroxylation is 3. The van der Waals surface area contributed by atoms with Crippen LogP contribution in [0.25, 0.3) is 0 Å². The molecule has 0 radical (unpaired) electrons.